The lowest BCUT2D eigenvalue weighted by molar-refractivity contribution is 0.188. The second kappa shape index (κ2) is 5.66. The highest BCUT2D eigenvalue weighted by atomic mass is 32.1. The van der Waals surface area contributed by atoms with Crippen molar-refractivity contribution in [2.45, 2.75) is 44.7 Å². The normalized spacial score (nSPS) is 26.2. The number of aromatic nitrogens is 1. The molecule has 0 saturated carbocycles. The van der Waals surface area contributed by atoms with Gasteiger partial charge in [0.1, 0.15) is 10.8 Å². The maximum absolute atomic E-state index is 5.85. The summed E-state index contributed by atoms with van der Waals surface area (Å²) >= 11 is 5.17. The first kappa shape index (κ1) is 13.8. The van der Waals surface area contributed by atoms with Crippen molar-refractivity contribution in [1.29, 1.82) is 0 Å². The predicted octanol–water partition coefficient (Wildman–Crippen LogP) is 2.06. The van der Waals surface area contributed by atoms with E-state index in [9.17, 15) is 0 Å². The Balaban J connectivity index is 1.75. The number of hydrogen-bond acceptors (Lipinski definition) is 4. The van der Waals surface area contributed by atoms with Gasteiger partial charge in [-0.1, -0.05) is 12.2 Å². The number of rotatable bonds is 3. The van der Waals surface area contributed by atoms with Gasteiger partial charge in [-0.05, 0) is 50.8 Å². The summed E-state index contributed by atoms with van der Waals surface area (Å²) in [7, 11) is 0. The van der Waals surface area contributed by atoms with E-state index in [4.69, 9.17) is 18.0 Å². The van der Waals surface area contributed by atoms with Gasteiger partial charge in [0, 0.05) is 24.8 Å². The van der Waals surface area contributed by atoms with Gasteiger partial charge in [0.05, 0.1) is 5.56 Å². The molecule has 3 N–H and O–H groups in total. The molecule has 5 heteroatoms. The number of piperidine rings is 1. The highest BCUT2D eigenvalue weighted by molar-refractivity contribution is 7.80. The Hall–Kier alpha value is -1.20. The lowest BCUT2D eigenvalue weighted by Crippen LogP contribution is -2.43. The van der Waals surface area contributed by atoms with Gasteiger partial charge in [-0.2, -0.15) is 0 Å². The van der Waals surface area contributed by atoms with Crippen molar-refractivity contribution in [2.24, 2.45) is 5.73 Å². The molecular formula is C15H22N4S. The molecule has 2 unspecified atom stereocenters. The maximum Gasteiger partial charge on any atom is 0.136 e. The third-order valence-corrected chi connectivity index (χ3v) is 4.77. The lowest BCUT2D eigenvalue weighted by Gasteiger charge is -2.35. The van der Waals surface area contributed by atoms with Crippen LogP contribution in [0.5, 0.6) is 0 Å². The molecule has 0 aliphatic carbocycles. The number of nitrogens with zero attached hydrogens (tertiary/aromatic N) is 2. The summed E-state index contributed by atoms with van der Waals surface area (Å²) in [6, 6.07) is 3.19. The molecule has 0 radical (unpaired) electrons. The molecule has 1 aromatic rings. The summed E-state index contributed by atoms with van der Waals surface area (Å²) in [5.41, 5.74) is 7.84. The number of aryl methyl sites for hydroxylation is 1. The van der Waals surface area contributed by atoms with E-state index in [0.717, 1.165) is 23.0 Å². The van der Waals surface area contributed by atoms with Crippen LogP contribution in [0.15, 0.2) is 12.3 Å². The van der Waals surface area contributed by atoms with Crippen LogP contribution in [0.25, 0.3) is 0 Å². The number of fused-ring (bicyclic) bond motifs is 1. The molecule has 2 saturated heterocycles. The number of nitrogens with one attached hydrogen (secondary N) is 1. The van der Waals surface area contributed by atoms with Crippen LogP contribution in [0.1, 0.15) is 36.8 Å². The van der Waals surface area contributed by atoms with E-state index in [1.807, 2.05) is 19.2 Å². The zero-order valence-electron chi connectivity index (χ0n) is 11.9. The van der Waals surface area contributed by atoms with Crippen LogP contribution >= 0.6 is 12.2 Å². The lowest BCUT2D eigenvalue weighted by atomic mass is 9.97. The van der Waals surface area contributed by atoms with Crippen LogP contribution < -0.4 is 11.1 Å². The summed E-state index contributed by atoms with van der Waals surface area (Å²) < 4.78 is 0. The fourth-order valence-corrected chi connectivity index (χ4v) is 3.79. The first-order valence-electron chi connectivity index (χ1n) is 7.41. The van der Waals surface area contributed by atoms with Gasteiger partial charge >= 0.3 is 0 Å². The van der Waals surface area contributed by atoms with Gasteiger partial charge < -0.3 is 16.0 Å². The SMILES string of the molecule is Cc1ccnc(NC2CCN3CCCC3C2)c1C(N)=S. The molecule has 0 amide bonds. The van der Waals surface area contributed by atoms with Gasteiger partial charge in [0.25, 0.3) is 0 Å². The fourth-order valence-electron chi connectivity index (χ4n) is 3.53. The van der Waals surface area contributed by atoms with E-state index in [1.54, 1.807) is 0 Å². The second-order valence-electron chi connectivity index (χ2n) is 5.91. The highest BCUT2D eigenvalue weighted by Crippen LogP contribution is 2.29. The molecule has 3 heterocycles. The molecule has 0 aromatic carbocycles. The van der Waals surface area contributed by atoms with Crippen molar-refractivity contribution in [3.05, 3.63) is 23.4 Å². The summed E-state index contributed by atoms with van der Waals surface area (Å²) in [5.74, 6) is 0.856. The molecule has 108 valence electrons. The Morgan fingerprint density at radius 2 is 2.30 bits per heavy atom. The van der Waals surface area contributed by atoms with Crippen LogP contribution in [-0.2, 0) is 0 Å². The first-order valence-corrected chi connectivity index (χ1v) is 7.82. The molecule has 0 bridgehead atoms. The van der Waals surface area contributed by atoms with E-state index in [2.05, 4.69) is 15.2 Å². The molecule has 20 heavy (non-hydrogen) atoms. The van der Waals surface area contributed by atoms with Crippen molar-refractivity contribution in [1.82, 2.24) is 9.88 Å². The zero-order valence-corrected chi connectivity index (χ0v) is 12.7. The summed E-state index contributed by atoms with van der Waals surface area (Å²) in [4.78, 5) is 7.50. The summed E-state index contributed by atoms with van der Waals surface area (Å²) in [6.07, 6.45) is 6.87. The number of pyridine rings is 1. The largest absolute Gasteiger partial charge is 0.389 e. The standard InChI is InChI=1S/C15H22N4S/c1-10-4-6-17-15(13(10)14(16)20)18-11-5-8-19-7-2-3-12(19)9-11/h4,6,11-12H,2-3,5,7-9H2,1H3,(H2,16,20)(H,17,18). The van der Waals surface area contributed by atoms with Crippen LogP contribution in [0.4, 0.5) is 5.82 Å². The van der Waals surface area contributed by atoms with Crippen LogP contribution in [0.3, 0.4) is 0 Å². The van der Waals surface area contributed by atoms with Gasteiger partial charge in [-0.25, -0.2) is 4.98 Å². The number of anilines is 1. The van der Waals surface area contributed by atoms with Gasteiger partial charge in [0.2, 0.25) is 0 Å². The Kier molecular flexibility index (Phi) is 3.89. The number of thiocarbonyl (C=S) groups is 1. The zero-order chi connectivity index (χ0) is 14.1. The quantitative estimate of drug-likeness (QED) is 0.835. The van der Waals surface area contributed by atoms with Crippen molar-refractivity contribution < 1.29 is 0 Å². The van der Waals surface area contributed by atoms with E-state index in [-0.39, 0.29) is 0 Å². The Morgan fingerprint density at radius 3 is 3.10 bits per heavy atom. The van der Waals surface area contributed by atoms with Gasteiger partial charge in [-0.15, -0.1) is 0 Å². The molecular weight excluding hydrogens is 268 g/mol. The van der Waals surface area contributed by atoms with Crippen molar-refractivity contribution in [3.8, 4) is 0 Å². The molecule has 0 spiro atoms. The van der Waals surface area contributed by atoms with Crippen molar-refractivity contribution in [3.63, 3.8) is 0 Å². The van der Waals surface area contributed by atoms with E-state index in [1.165, 1.54) is 38.8 Å². The molecule has 3 rings (SSSR count). The molecule has 2 aliphatic heterocycles. The monoisotopic (exact) mass is 290 g/mol. The average Bonchev–Trinajstić information content (AvgIpc) is 2.85. The average molecular weight is 290 g/mol. The van der Waals surface area contributed by atoms with Crippen LogP contribution in [0.2, 0.25) is 0 Å². The van der Waals surface area contributed by atoms with E-state index < -0.39 is 0 Å². The molecule has 1 aromatic heterocycles. The molecule has 2 aliphatic rings. The first-order chi connectivity index (χ1) is 9.65. The second-order valence-corrected chi connectivity index (χ2v) is 6.35. The van der Waals surface area contributed by atoms with Crippen LogP contribution in [0, 0.1) is 6.92 Å². The smallest absolute Gasteiger partial charge is 0.136 e. The third kappa shape index (κ3) is 2.65. The van der Waals surface area contributed by atoms with Gasteiger partial charge in [0.15, 0.2) is 0 Å². The predicted molar refractivity (Wildman–Crippen MR) is 86.1 cm³/mol. The Labute approximate surface area is 125 Å². The number of hydrogen-bond donors (Lipinski definition) is 2. The summed E-state index contributed by atoms with van der Waals surface area (Å²) in [6.45, 7) is 4.50. The molecule has 2 atom stereocenters. The van der Waals surface area contributed by atoms with Crippen LogP contribution in [-0.4, -0.2) is 40.0 Å². The Bertz CT molecular complexity index is 517. The topological polar surface area (TPSA) is 54.2 Å². The van der Waals surface area contributed by atoms with E-state index in [0.29, 0.717) is 11.0 Å². The summed E-state index contributed by atoms with van der Waals surface area (Å²) in [5, 5.41) is 3.58. The highest BCUT2D eigenvalue weighted by Gasteiger charge is 2.32. The third-order valence-electron chi connectivity index (χ3n) is 4.57. The minimum absolute atomic E-state index is 0.427. The molecule has 2 fully saturated rings. The maximum atomic E-state index is 5.85. The molecule has 4 nitrogen and oxygen atoms in total. The minimum Gasteiger partial charge on any atom is -0.389 e. The fraction of sp³-hybridized carbons (Fsp3) is 0.600. The van der Waals surface area contributed by atoms with Crippen molar-refractivity contribution >= 4 is 23.0 Å². The minimum atomic E-state index is 0.427. The van der Waals surface area contributed by atoms with Gasteiger partial charge in [-0.3, -0.25) is 0 Å². The number of nitrogens with two attached hydrogens (primary N) is 1. The van der Waals surface area contributed by atoms with E-state index >= 15 is 0 Å². The van der Waals surface area contributed by atoms with Crippen molar-refractivity contribution in [2.75, 3.05) is 18.4 Å². The Morgan fingerprint density at radius 1 is 1.45 bits per heavy atom.